The Morgan fingerprint density at radius 2 is 0.524 bits per heavy atom. The molecule has 4 nitrogen and oxygen atoms in total. The number of hydrogen-bond donors (Lipinski definition) is 2. The Labute approximate surface area is 239 Å². The number of phenols is 2. The van der Waals surface area contributed by atoms with Gasteiger partial charge in [-0.1, -0.05) is 48.5 Å². The molecule has 0 radical (unpaired) electrons. The second-order valence-electron chi connectivity index (χ2n) is 11.0. The maximum atomic E-state index is 10.1. The van der Waals surface area contributed by atoms with Crippen LogP contribution in [-0.4, -0.2) is 10.2 Å². The molecule has 0 aromatic heterocycles. The van der Waals surface area contributed by atoms with Gasteiger partial charge in [-0.05, 0) is 137 Å². The van der Waals surface area contributed by atoms with E-state index >= 15 is 0 Å². The van der Waals surface area contributed by atoms with Crippen molar-refractivity contribution in [3.63, 3.8) is 0 Å². The highest BCUT2D eigenvalue weighted by molar-refractivity contribution is 6.24. The lowest BCUT2D eigenvalue weighted by molar-refractivity contribution is 0.470. The maximum absolute atomic E-state index is 10.1. The van der Waals surface area contributed by atoms with Gasteiger partial charge in [-0.25, -0.2) is 0 Å². The molecule has 0 aliphatic rings. The van der Waals surface area contributed by atoms with Crippen LogP contribution in [0.1, 0.15) is 0 Å². The lowest BCUT2D eigenvalue weighted by Crippen LogP contribution is -1.89. The van der Waals surface area contributed by atoms with Crippen molar-refractivity contribution >= 4 is 64.6 Å². The van der Waals surface area contributed by atoms with Crippen LogP contribution in [0.4, 0.5) is 0 Å². The van der Waals surface area contributed by atoms with E-state index in [0.29, 0.717) is 0 Å². The number of hydrogen-bond acceptors (Lipinski definition) is 4. The summed E-state index contributed by atoms with van der Waals surface area (Å²) in [5.74, 6) is 3.52. The first-order valence-corrected chi connectivity index (χ1v) is 13.8. The first kappa shape index (κ1) is 23.0. The first-order chi connectivity index (χ1) is 20.6. The largest absolute Gasteiger partial charge is 0.508 e. The van der Waals surface area contributed by atoms with Gasteiger partial charge in [0.1, 0.15) is 34.5 Å². The van der Waals surface area contributed by atoms with Gasteiger partial charge in [-0.3, -0.25) is 0 Å². The first-order valence-electron chi connectivity index (χ1n) is 13.8. The smallest absolute Gasteiger partial charge is 0.128 e. The second-order valence-corrected chi connectivity index (χ2v) is 11.0. The van der Waals surface area contributed by atoms with Crippen molar-refractivity contribution in [3.8, 4) is 34.5 Å². The summed E-state index contributed by atoms with van der Waals surface area (Å²) in [6.07, 6.45) is 0. The number of phenolic OH excluding ortho intramolecular Hbond substituents is 2. The van der Waals surface area contributed by atoms with Gasteiger partial charge in [-0.15, -0.1) is 0 Å². The number of benzene rings is 9. The summed E-state index contributed by atoms with van der Waals surface area (Å²) in [7, 11) is 0. The van der Waals surface area contributed by atoms with Crippen molar-refractivity contribution in [2.24, 2.45) is 0 Å². The third kappa shape index (κ3) is 3.49. The summed E-state index contributed by atoms with van der Waals surface area (Å²) < 4.78 is 12.6. The molecule has 9 aromatic carbocycles. The van der Waals surface area contributed by atoms with Crippen LogP contribution in [0.25, 0.3) is 64.6 Å². The fourth-order valence-corrected chi connectivity index (χ4v) is 6.55. The number of aromatic hydroxyl groups is 2. The van der Waals surface area contributed by atoms with Crippen LogP contribution in [0, 0.1) is 0 Å². The van der Waals surface area contributed by atoms with Crippen LogP contribution in [0.15, 0.2) is 121 Å². The van der Waals surface area contributed by atoms with Crippen LogP contribution in [0.5, 0.6) is 34.5 Å². The Morgan fingerprint density at radius 1 is 0.286 bits per heavy atom. The van der Waals surface area contributed by atoms with E-state index in [-0.39, 0.29) is 11.5 Å². The van der Waals surface area contributed by atoms with E-state index in [4.69, 9.17) is 9.47 Å². The third-order valence-electron chi connectivity index (χ3n) is 8.28. The predicted octanol–water partition coefficient (Wildman–Crippen LogP) is 10.5. The van der Waals surface area contributed by atoms with Gasteiger partial charge in [-0.2, -0.15) is 0 Å². The lowest BCUT2D eigenvalue weighted by atomic mass is 9.94. The minimum Gasteiger partial charge on any atom is -0.508 e. The Morgan fingerprint density at radius 3 is 0.786 bits per heavy atom. The van der Waals surface area contributed by atoms with Crippen molar-refractivity contribution in [2.45, 2.75) is 0 Å². The summed E-state index contributed by atoms with van der Waals surface area (Å²) in [6, 6.07) is 39.6. The molecule has 198 valence electrons. The van der Waals surface area contributed by atoms with E-state index in [9.17, 15) is 10.2 Å². The Balaban J connectivity index is 1.02. The molecule has 0 bridgehead atoms. The van der Waals surface area contributed by atoms with Gasteiger partial charge in [0.15, 0.2) is 0 Å². The molecule has 9 aromatic rings. The van der Waals surface area contributed by atoms with Gasteiger partial charge in [0.25, 0.3) is 0 Å². The van der Waals surface area contributed by atoms with E-state index in [0.717, 1.165) is 76.9 Å². The van der Waals surface area contributed by atoms with E-state index in [1.54, 1.807) is 0 Å². The molecule has 0 saturated carbocycles. The van der Waals surface area contributed by atoms with Gasteiger partial charge < -0.3 is 19.7 Å². The van der Waals surface area contributed by atoms with Gasteiger partial charge in [0.05, 0.1) is 0 Å². The van der Waals surface area contributed by atoms with E-state index in [2.05, 4.69) is 48.5 Å². The maximum Gasteiger partial charge on any atom is 0.128 e. The molecule has 9 rings (SSSR count). The molecule has 0 fully saturated rings. The molecule has 0 amide bonds. The highest BCUT2D eigenvalue weighted by atomic mass is 16.5. The molecule has 0 saturated heterocycles. The predicted molar refractivity (Wildman–Crippen MR) is 170 cm³/mol. The molecule has 0 heterocycles. The molecular weight excluding hydrogens is 520 g/mol. The van der Waals surface area contributed by atoms with E-state index in [1.807, 2.05) is 72.8 Å². The van der Waals surface area contributed by atoms with Crippen molar-refractivity contribution < 1.29 is 19.7 Å². The molecule has 4 heteroatoms. The highest BCUT2D eigenvalue weighted by Crippen LogP contribution is 2.41. The molecule has 0 spiro atoms. The molecule has 0 unspecified atom stereocenters. The van der Waals surface area contributed by atoms with Gasteiger partial charge in [0, 0.05) is 0 Å². The topological polar surface area (TPSA) is 58.9 Å². The Bertz CT molecular complexity index is 2170. The number of ether oxygens (including phenoxy) is 2. The SMILES string of the molecule is Oc1cc2ccc3cc(Oc4ccc(Oc5cc6ccc7cc(O)cc8ccc(c5)c6c78)cc4)cc4ccc(c1)c2c34. The lowest BCUT2D eigenvalue weighted by Gasteiger charge is -2.14. The van der Waals surface area contributed by atoms with Crippen molar-refractivity contribution in [2.75, 3.05) is 0 Å². The van der Waals surface area contributed by atoms with Crippen molar-refractivity contribution in [3.05, 3.63) is 121 Å². The normalized spacial score (nSPS) is 12.0. The summed E-state index contributed by atoms with van der Waals surface area (Å²) in [6.45, 7) is 0. The Kier molecular flexibility index (Phi) is 4.59. The van der Waals surface area contributed by atoms with Crippen LogP contribution in [-0.2, 0) is 0 Å². The minimum atomic E-state index is 0.276. The zero-order valence-electron chi connectivity index (χ0n) is 22.3. The van der Waals surface area contributed by atoms with E-state index in [1.165, 1.54) is 10.8 Å². The standard InChI is InChI=1S/C38H22O4/c39-29-13-21-1-5-25-17-33(18-26-6-2-22(14-29)35(21)37(25)26)41-31-9-11-32(12-10-31)42-34-19-27-7-3-23-15-30(40)16-24-4-8-28(20-34)38(27)36(23)24/h1-20,39-40H. The summed E-state index contributed by atoms with van der Waals surface area (Å²) in [5, 5.41) is 33.3. The molecule has 2 N–H and O–H groups in total. The molecule has 0 aliphatic heterocycles. The number of rotatable bonds is 4. The van der Waals surface area contributed by atoms with Crippen LogP contribution in [0.3, 0.4) is 0 Å². The Hall–Kier alpha value is -5.74. The van der Waals surface area contributed by atoms with E-state index < -0.39 is 0 Å². The zero-order valence-corrected chi connectivity index (χ0v) is 22.3. The van der Waals surface area contributed by atoms with Crippen molar-refractivity contribution in [1.29, 1.82) is 0 Å². The van der Waals surface area contributed by atoms with Gasteiger partial charge in [0.2, 0.25) is 0 Å². The summed E-state index contributed by atoms with van der Waals surface area (Å²) in [5.41, 5.74) is 0. The average Bonchev–Trinajstić information content (AvgIpc) is 2.99. The van der Waals surface area contributed by atoms with Crippen LogP contribution < -0.4 is 9.47 Å². The van der Waals surface area contributed by atoms with Crippen LogP contribution >= 0.6 is 0 Å². The third-order valence-corrected chi connectivity index (χ3v) is 8.28. The molecular formula is C38H22O4. The highest BCUT2D eigenvalue weighted by Gasteiger charge is 2.13. The zero-order chi connectivity index (χ0) is 27.9. The fraction of sp³-hybridized carbons (Fsp3) is 0. The van der Waals surface area contributed by atoms with Crippen molar-refractivity contribution in [1.82, 2.24) is 0 Å². The fourth-order valence-electron chi connectivity index (χ4n) is 6.55. The van der Waals surface area contributed by atoms with Gasteiger partial charge >= 0.3 is 0 Å². The molecule has 0 aliphatic carbocycles. The quantitative estimate of drug-likeness (QED) is 0.217. The minimum absolute atomic E-state index is 0.276. The molecule has 0 atom stereocenters. The summed E-state index contributed by atoms with van der Waals surface area (Å²) in [4.78, 5) is 0. The van der Waals surface area contributed by atoms with Crippen LogP contribution in [0.2, 0.25) is 0 Å². The monoisotopic (exact) mass is 542 g/mol. The second kappa shape index (κ2) is 8.38. The molecule has 42 heavy (non-hydrogen) atoms. The summed E-state index contributed by atoms with van der Waals surface area (Å²) >= 11 is 0. The average molecular weight is 543 g/mol.